The van der Waals surface area contributed by atoms with E-state index in [1.807, 2.05) is 0 Å². The highest BCUT2D eigenvalue weighted by molar-refractivity contribution is 9.10. The van der Waals surface area contributed by atoms with Crippen molar-refractivity contribution >= 4 is 43.4 Å². The molecule has 112 valence electrons. The molecule has 1 N–H and O–H groups in total. The molecule has 0 amide bonds. The van der Waals surface area contributed by atoms with E-state index in [1.165, 1.54) is 0 Å². The summed E-state index contributed by atoms with van der Waals surface area (Å²) in [7, 11) is -3.70. The third kappa shape index (κ3) is 3.56. The van der Waals surface area contributed by atoms with Crippen LogP contribution in [0.4, 0.5) is 5.82 Å². The number of nitrogens with zero attached hydrogens (tertiary/aromatic N) is 1. The number of sulfonamides is 1. The maximum absolute atomic E-state index is 12.5. The summed E-state index contributed by atoms with van der Waals surface area (Å²) in [4.78, 5) is 4.39. The van der Waals surface area contributed by atoms with Crippen LogP contribution >= 0.6 is 27.5 Å². The molecule has 2 rings (SSSR count). The van der Waals surface area contributed by atoms with E-state index < -0.39 is 10.0 Å². The number of halogens is 2. The normalized spacial score (nSPS) is 11.5. The fourth-order valence-electron chi connectivity index (χ4n) is 1.84. The average molecular weight is 390 g/mol. The molecular formula is C14H14BrClN2O2S. The molecular weight excluding hydrogens is 376 g/mol. The lowest BCUT2D eigenvalue weighted by molar-refractivity contribution is 0.600. The maximum Gasteiger partial charge on any atom is 0.263 e. The van der Waals surface area contributed by atoms with Gasteiger partial charge in [0.2, 0.25) is 0 Å². The summed E-state index contributed by atoms with van der Waals surface area (Å²) in [5, 5.41) is 0.545. The van der Waals surface area contributed by atoms with Crippen LogP contribution in [-0.2, 0) is 10.0 Å². The Bertz CT molecular complexity index is 807. The van der Waals surface area contributed by atoms with Gasteiger partial charge >= 0.3 is 0 Å². The maximum atomic E-state index is 12.5. The van der Waals surface area contributed by atoms with Crippen LogP contribution in [0.25, 0.3) is 0 Å². The molecule has 0 saturated heterocycles. The van der Waals surface area contributed by atoms with Crippen LogP contribution in [0.5, 0.6) is 0 Å². The molecule has 0 atom stereocenters. The summed E-state index contributed by atoms with van der Waals surface area (Å²) in [6.07, 6.45) is 0. The SMILES string of the molecule is Cc1cc(S(=O)(=O)Nc2ccc(Br)c(C)n2)c(C)cc1Cl. The largest absolute Gasteiger partial charge is 0.263 e. The van der Waals surface area contributed by atoms with Crippen LogP contribution in [0.2, 0.25) is 5.02 Å². The molecule has 1 aromatic heterocycles. The second-order valence-corrected chi connectivity index (χ2v) is 7.65. The van der Waals surface area contributed by atoms with Gasteiger partial charge in [-0.15, -0.1) is 0 Å². The van der Waals surface area contributed by atoms with Crippen molar-refractivity contribution in [1.29, 1.82) is 0 Å². The highest BCUT2D eigenvalue weighted by Crippen LogP contribution is 2.25. The molecule has 21 heavy (non-hydrogen) atoms. The third-order valence-electron chi connectivity index (χ3n) is 3.01. The van der Waals surface area contributed by atoms with Gasteiger partial charge in [0.1, 0.15) is 5.82 Å². The number of hydrogen-bond acceptors (Lipinski definition) is 3. The zero-order valence-corrected chi connectivity index (χ0v) is 14.9. The predicted molar refractivity (Wildman–Crippen MR) is 88.4 cm³/mol. The van der Waals surface area contributed by atoms with E-state index in [1.54, 1.807) is 45.0 Å². The summed E-state index contributed by atoms with van der Waals surface area (Å²) in [5.74, 6) is 0.280. The molecule has 0 aliphatic rings. The first-order chi connectivity index (χ1) is 9.70. The van der Waals surface area contributed by atoms with Crippen molar-refractivity contribution in [3.05, 3.63) is 50.6 Å². The van der Waals surface area contributed by atoms with Crippen LogP contribution < -0.4 is 4.72 Å². The molecule has 2 aromatic rings. The van der Waals surface area contributed by atoms with Gasteiger partial charge in [0, 0.05) is 9.50 Å². The Morgan fingerprint density at radius 3 is 2.43 bits per heavy atom. The first-order valence-electron chi connectivity index (χ1n) is 6.13. The van der Waals surface area contributed by atoms with Gasteiger partial charge in [-0.2, -0.15) is 0 Å². The Labute approximate surface area is 137 Å². The van der Waals surface area contributed by atoms with Gasteiger partial charge < -0.3 is 0 Å². The molecule has 1 aromatic carbocycles. The van der Waals surface area contributed by atoms with E-state index in [0.29, 0.717) is 21.8 Å². The quantitative estimate of drug-likeness (QED) is 0.855. The van der Waals surface area contributed by atoms with Crippen LogP contribution in [0.1, 0.15) is 16.8 Å². The monoisotopic (exact) mass is 388 g/mol. The summed E-state index contributed by atoms with van der Waals surface area (Å²) in [5.41, 5.74) is 2.01. The van der Waals surface area contributed by atoms with Gasteiger partial charge in [0.25, 0.3) is 10.0 Å². The molecule has 0 spiro atoms. The van der Waals surface area contributed by atoms with E-state index in [2.05, 4.69) is 25.6 Å². The first-order valence-corrected chi connectivity index (χ1v) is 8.79. The molecule has 0 radical (unpaired) electrons. The third-order valence-corrected chi connectivity index (χ3v) is 5.75. The van der Waals surface area contributed by atoms with Crippen molar-refractivity contribution in [3.63, 3.8) is 0 Å². The van der Waals surface area contributed by atoms with Crippen molar-refractivity contribution in [3.8, 4) is 0 Å². The number of anilines is 1. The fraction of sp³-hybridized carbons (Fsp3) is 0.214. The lowest BCUT2D eigenvalue weighted by Crippen LogP contribution is -2.15. The predicted octanol–water partition coefficient (Wildman–Crippen LogP) is 4.22. The smallest absolute Gasteiger partial charge is 0.263 e. The number of aromatic nitrogens is 1. The molecule has 0 aliphatic heterocycles. The van der Waals surface area contributed by atoms with Gasteiger partial charge in [-0.05, 0) is 72.1 Å². The second kappa shape index (κ2) is 5.94. The molecule has 7 heteroatoms. The zero-order valence-electron chi connectivity index (χ0n) is 11.7. The van der Waals surface area contributed by atoms with Crippen molar-refractivity contribution in [2.75, 3.05) is 4.72 Å². The van der Waals surface area contributed by atoms with Crippen molar-refractivity contribution in [2.24, 2.45) is 0 Å². The molecule has 1 heterocycles. The van der Waals surface area contributed by atoms with Crippen molar-refractivity contribution in [1.82, 2.24) is 4.98 Å². The van der Waals surface area contributed by atoms with Gasteiger partial charge in [-0.25, -0.2) is 13.4 Å². The Hall–Kier alpha value is -1.11. The molecule has 0 fully saturated rings. The number of hydrogen-bond donors (Lipinski definition) is 1. The average Bonchev–Trinajstić information content (AvgIpc) is 2.37. The minimum Gasteiger partial charge on any atom is -0.263 e. The van der Waals surface area contributed by atoms with Gasteiger partial charge in [0.15, 0.2) is 0 Å². The Morgan fingerprint density at radius 2 is 1.81 bits per heavy atom. The van der Waals surface area contributed by atoms with Gasteiger partial charge in [-0.1, -0.05) is 11.6 Å². The summed E-state index contributed by atoms with van der Waals surface area (Å²) in [6.45, 7) is 5.27. The zero-order chi connectivity index (χ0) is 15.8. The van der Waals surface area contributed by atoms with Crippen molar-refractivity contribution < 1.29 is 8.42 Å². The van der Waals surface area contributed by atoms with Crippen LogP contribution in [0.3, 0.4) is 0 Å². The lowest BCUT2D eigenvalue weighted by atomic mass is 10.2. The molecule has 0 bridgehead atoms. The summed E-state index contributed by atoms with van der Waals surface area (Å²) < 4.78 is 28.3. The summed E-state index contributed by atoms with van der Waals surface area (Å²) in [6, 6.07) is 6.56. The fourth-order valence-corrected chi connectivity index (χ4v) is 3.59. The van der Waals surface area contributed by atoms with E-state index in [-0.39, 0.29) is 10.7 Å². The number of benzene rings is 1. The highest BCUT2D eigenvalue weighted by Gasteiger charge is 2.19. The summed E-state index contributed by atoms with van der Waals surface area (Å²) >= 11 is 9.33. The highest BCUT2D eigenvalue weighted by atomic mass is 79.9. The van der Waals surface area contributed by atoms with Gasteiger partial charge in [0.05, 0.1) is 10.6 Å². The second-order valence-electron chi connectivity index (χ2n) is 4.74. The number of nitrogens with one attached hydrogen (secondary N) is 1. The van der Waals surface area contributed by atoms with E-state index in [0.717, 1.165) is 4.47 Å². The Kier molecular flexibility index (Phi) is 4.60. The van der Waals surface area contributed by atoms with E-state index in [9.17, 15) is 8.42 Å². The Morgan fingerprint density at radius 1 is 1.14 bits per heavy atom. The molecule has 0 saturated carbocycles. The van der Waals surface area contributed by atoms with Crippen LogP contribution in [0.15, 0.2) is 33.6 Å². The van der Waals surface area contributed by atoms with Crippen LogP contribution in [0, 0.1) is 20.8 Å². The molecule has 4 nitrogen and oxygen atoms in total. The minimum atomic E-state index is -3.70. The Balaban J connectivity index is 2.43. The van der Waals surface area contributed by atoms with E-state index in [4.69, 9.17) is 11.6 Å². The molecule has 0 unspecified atom stereocenters. The topological polar surface area (TPSA) is 59.1 Å². The van der Waals surface area contributed by atoms with Gasteiger partial charge in [-0.3, -0.25) is 4.72 Å². The molecule has 0 aliphatic carbocycles. The van der Waals surface area contributed by atoms with Crippen LogP contribution in [-0.4, -0.2) is 13.4 Å². The number of pyridine rings is 1. The van der Waals surface area contributed by atoms with E-state index >= 15 is 0 Å². The minimum absolute atomic E-state index is 0.201. The van der Waals surface area contributed by atoms with Crippen molar-refractivity contribution in [2.45, 2.75) is 25.7 Å². The lowest BCUT2D eigenvalue weighted by Gasteiger charge is -2.12. The number of aryl methyl sites for hydroxylation is 3. The standard InChI is InChI=1S/C14H14BrClN2O2S/c1-8-7-13(9(2)6-12(8)16)21(19,20)18-14-5-4-11(15)10(3)17-14/h4-7H,1-3H3,(H,17,18). The number of rotatable bonds is 3. The first kappa shape index (κ1) is 16.3.